The van der Waals surface area contributed by atoms with Gasteiger partial charge in [0, 0.05) is 0 Å². The number of esters is 1. The molecule has 0 fully saturated rings. The van der Waals surface area contributed by atoms with Gasteiger partial charge in [-0.15, -0.1) is 17.0 Å². The number of carbonyl (C=O) groups excluding carboxylic acids is 1. The zero-order valence-corrected chi connectivity index (χ0v) is 12.2. The summed E-state index contributed by atoms with van der Waals surface area (Å²) in [5.74, 6) is -0.197. The minimum absolute atomic E-state index is 0. The molecule has 0 aromatic carbocycles. The SMILES string of the molecule is Br.CCOC(=O)c1cc[c]([Zn])s1. The maximum atomic E-state index is 11.1. The molecule has 5 heteroatoms. The first-order chi connectivity index (χ1) is 5.24. The zero-order chi connectivity index (χ0) is 8.27. The summed E-state index contributed by atoms with van der Waals surface area (Å²) < 4.78 is 6.08. The van der Waals surface area contributed by atoms with Gasteiger partial charge in [-0.1, -0.05) is 0 Å². The maximum absolute atomic E-state index is 11.1. The summed E-state index contributed by atoms with van der Waals surface area (Å²) in [4.78, 5) is 11.8. The molecule has 1 rings (SSSR count). The molecular formula is C7H8BrO2SZn. The standard InChI is InChI=1S/C7H7O2S.BrH.Zn/c1-2-9-7(8)6-4-3-5-10-6;;/h3-4H,2H2,1H3;1H;. The Kier molecular flexibility index (Phi) is 5.97. The van der Waals surface area contributed by atoms with Gasteiger partial charge in [-0.2, -0.15) is 0 Å². The van der Waals surface area contributed by atoms with Crippen LogP contribution in [0.1, 0.15) is 16.6 Å². The molecule has 63 valence electrons. The topological polar surface area (TPSA) is 26.3 Å². The summed E-state index contributed by atoms with van der Waals surface area (Å²) in [6.07, 6.45) is 0. The van der Waals surface area contributed by atoms with Crippen LogP contribution in [-0.4, -0.2) is 12.6 Å². The zero-order valence-electron chi connectivity index (χ0n) is 6.70. The van der Waals surface area contributed by atoms with Crippen molar-refractivity contribution in [2.45, 2.75) is 6.92 Å². The third-order valence-corrected chi connectivity index (χ3v) is 3.46. The van der Waals surface area contributed by atoms with E-state index in [0.29, 0.717) is 11.5 Å². The summed E-state index contributed by atoms with van der Waals surface area (Å²) in [6.45, 7) is 2.26. The van der Waals surface area contributed by atoms with Crippen LogP contribution < -0.4 is 3.47 Å². The Morgan fingerprint density at radius 3 is 2.75 bits per heavy atom. The third-order valence-electron chi connectivity index (χ3n) is 1.14. The third kappa shape index (κ3) is 3.34. The first-order valence-electron chi connectivity index (χ1n) is 3.33. The van der Waals surface area contributed by atoms with Crippen molar-refractivity contribution < 1.29 is 27.8 Å². The van der Waals surface area contributed by atoms with E-state index >= 15 is 0 Å². The average Bonchev–Trinajstić information content (AvgIpc) is 2.36. The second-order valence-electron chi connectivity index (χ2n) is 1.99. The minimum atomic E-state index is -0.197. The van der Waals surface area contributed by atoms with Crippen molar-refractivity contribution in [2.75, 3.05) is 6.61 Å². The van der Waals surface area contributed by atoms with Crippen LogP contribution in [0.3, 0.4) is 0 Å². The molecule has 0 N–H and O–H groups in total. The fourth-order valence-electron chi connectivity index (χ4n) is 0.690. The second kappa shape index (κ2) is 5.84. The van der Waals surface area contributed by atoms with Gasteiger partial charge in [-0.05, 0) is 0 Å². The Balaban J connectivity index is 0.00000121. The van der Waals surface area contributed by atoms with Crippen molar-refractivity contribution in [2.24, 2.45) is 0 Å². The normalized spacial score (nSPS) is 8.92. The van der Waals surface area contributed by atoms with E-state index in [9.17, 15) is 4.79 Å². The Bertz CT molecular complexity index is 262. The molecule has 0 aliphatic carbocycles. The van der Waals surface area contributed by atoms with Crippen molar-refractivity contribution in [1.82, 2.24) is 0 Å². The van der Waals surface area contributed by atoms with Crippen molar-refractivity contribution in [1.29, 1.82) is 0 Å². The number of rotatable bonds is 2. The van der Waals surface area contributed by atoms with Crippen LogP contribution in [0.2, 0.25) is 0 Å². The molecule has 1 heterocycles. The van der Waals surface area contributed by atoms with E-state index in [0.717, 1.165) is 18.3 Å². The predicted octanol–water partition coefficient (Wildman–Crippen LogP) is 1.67. The van der Waals surface area contributed by atoms with Gasteiger partial charge in [-0.25, -0.2) is 0 Å². The first-order valence-corrected chi connectivity index (χ1v) is 5.63. The predicted molar refractivity (Wildman–Crippen MR) is 50.2 cm³/mol. The molecule has 0 bridgehead atoms. The van der Waals surface area contributed by atoms with E-state index in [-0.39, 0.29) is 23.0 Å². The van der Waals surface area contributed by atoms with Crippen molar-refractivity contribution >= 4 is 37.8 Å². The summed E-state index contributed by atoms with van der Waals surface area (Å²) in [5.41, 5.74) is 0. The summed E-state index contributed by atoms with van der Waals surface area (Å²) in [5, 5.41) is 0. The van der Waals surface area contributed by atoms with Crippen LogP contribution in [0.4, 0.5) is 0 Å². The molecule has 0 aliphatic heterocycles. The number of ether oxygens (including phenoxy) is 1. The summed E-state index contributed by atoms with van der Waals surface area (Å²) >= 11 is 2.62. The monoisotopic (exact) mass is 299 g/mol. The molecule has 1 aromatic heterocycles. The van der Waals surface area contributed by atoms with Crippen molar-refractivity contribution in [3.63, 3.8) is 0 Å². The van der Waals surface area contributed by atoms with Crippen LogP contribution in [0.15, 0.2) is 12.1 Å². The van der Waals surface area contributed by atoms with Gasteiger partial charge in [0.1, 0.15) is 0 Å². The van der Waals surface area contributed by atoms with E-state index in [1.54, 1.807) is 0 Å². The van der Waals surface area contributed by atoms with E-state index < -0.39 is 0 Å². The van der Waals surface area contributed by atoms with E-state index in [2.05, 4.69) is 0 Å². The number of carbonyl (C=O) groups is 1. The van der Waals surface area contributed by atoms with Gasteiger partial charge < -0.3 is 0 Å². The molecule has 2 nitrogen and oxygen atoms in total. The van der Waals surface area contributed by atoms with Crippen molar-refractivity contribution in [3.8, 4) is 0 Å². The van der Waals surface area contributed by atoms with Gasteiger partial charge in [0.15, 0.2) is 0 Å². The van der Waals surface area contributed by atoms with Gasteiger partial charge in [0.2, 0.25) is 0 Å². The molecule has 0 amide bonds. The van der Waals surface area contributed by atoms with Gasteiger partial charge in [0.25, 0.3) is 0 Å². The second-order valence-corrected chi connectivity index (χ2v) is 5.83. The van der Waals surface area contributed by atoms with Crippen molar-refractivity contribution in [3.05, 3.63) is 17.0 Å². The number of hydrogen-bond acceptors (Lipinski definition) is 3. The van der Waals surface area contributed by atoms with Gasteiger partial charge in [-0.3, -0.25) is 0 Å². The van der Waals surface area contributed by atoms with Gasteiger partial charge in [0.05, 0.1) is 0 Å². The van der Waals surface area contributed by atoms with E-state index in [1.807, 2.05) is 19.1 Å². The Labute approximate surface area is 95.8 Å². The Hall–Kier alpha value is 0.273. The summed E-state index contributed by atoms with van der Waals surface area (Å²) in [6, 6.07) is 3.79. The van der Waals surface area contributed by atoms with Crippen LogP contribution >= 0.6 is 28.3 Å². The quantitative estimate of drug-likeness (QED) is 0.614. The van der Waals surface area contributed by atoms with E-state index in [1.165, 1.54) is 14.8 Å². The van der Waals surface area contributed by atoms with Crippen LogP contribution in [0.5, 0.6) is 0 Å². The van der Waals surface area contributed by atoms with Gasteiger partial charge >= 0.3 is 79.2 Å². The molecule has 12 heavy (non-hydrogen) atoms. The average molecular weight is 302 g/mol. The van der Waals surface area contributed by atoms with E-state index in [4.69, 9.17) is 4.74 Å². The summed E-state index contributed by atoms with van der Waals surface area (Å²) in [7, 11) is 0. The Morgan fingerprint density at radius 1 is 1.67 bits per heavy atom. The Morgan fingerprint density at radius 2 is 2.33 bits per heavy atom. The number of halogens is 1. The fourth-order valence-corrected chi connectivity index (χ4v) is 2.61. The van der Waals surface area contributed by atoms with Crippen LogP contribution in [-0.2, 0) is 23.0 Å². The molecule has 0 spiro atoms. The molecule has 0 saturated heterocycles. The molecular weight excluding hydrogens is 293 g/mol. The molecule has 0 radical (unpaired) electrons. The fraction of sp³-hybridized carbons (Fsp3) is 0.286. The molecule has 0 atom stereocenters. The molecule has 1 aromatic rings. The van der Waals surface area contributed by atoms with Crippen LogP contribution in [0.25, 0.3) is 0 Å². The number of thiophene rings is 1. The molecule has 0 unspecified atom stereocenters. The molecule has 0 saturated carbocycles. The number of hydrogen-bond donors (Lipinski definition) is 0. The molecule has 0 aliphatic rings. The van der Waals surface area contributed by atoms with Crippen LogP contribution in [0, 0.1) is 0 Å². The first kappa shape index (κ1) is 12.3.